The van der Waals surface area contributed by atoms with Gasteiger partial charge in [-0.25, -0.2) is 0 Å². The number of carbonyl (C=O) groups is 1. The van der Waals surface area contributed by atoms with Gasteiger partial charge in [0, 0.05) is 12.7 Å². The molecule has 1 aromatic carbocycles. The molecule has 0 radical (unpaired) electrons. The summed E-state index contributed by atoms with van der Waals surface area (Å²) in [5.41, 5.74) is 3.26. The summed E-state index contributed by atoms with van der Waals surface area (Å²) in [5, 5.41) is 3.14. The lowest BCUT2D eigenvalue weighted by Crippen LogP contribution is -2.08. The number of benzene rings is 1. The van der Waals surface area contributed by atoms with Crippen molar-refractivity contribution >= 4 is 11.7 Å². The summed E-state index contributed by atoms with van der Waals surface area (Å²) >= 11 is 0. The van der Waals surface area contributed by atoms with Crippen molar-refractivity contribution in [1.82, 2.24) is 0 Å². The van der Waals surface area contributed by atoms with Gasteiger partial charge in [0.15, 0.2) is 0 Å². The molecule has 1 rings (SSSR count). The van der Waals surface area contributed by atoms with E-state index < -0.39 is 0 Å². The molecular weight excluding hydrogens is 190 g/mol. The fraction of sp³-hybridized carbons (Fsp3) is 0.417. The third kappa shape index (κ3) is 2.72. The Hall–Kier alpha value is -1.51. The van der Waals surface area contributed by atoms with Crippen LogP contribution >= 0.6 is 0 Å². The summed E-state index contributed by atoms with van der Waals surface area (Å²) in [7, 11) is 3.28. The van der Waals surface area contributed by atoms with Crippen LogP contribution in [-0.4, -0.2) is 20.1 Å². The zero-order valence-electron chi connectivity index (χ0n) is 9.46. The Morgan fingerprint density at radius 3 is 2.60 bits per heavy atom. The Morgan fingerprint density at radius 2 is 2.07 bits per heavy atom. The first-order chi connectivity index (χ1) is 7.22. The van der Waals surface area contributed by atoms with Gasteiger partial charge in [0.05, 0.1) is 13.5 Å². The van der Waals surface area contributed by atoms with Gasteiger partial charge in [-0.2, -0.15) is 0 Å². The molecular formula is C12H17NO2. The van der Waals surface area contributed by atoms with Crippen LogP contribution in [-0.2, 0) is 22.4 Å². The number of hydrogen-bond donors (Lipinski definition) is 1. The molecule has 0 aliphatic heterocycles. The average molecular weight is 207 g/mol. The van der Waals surface area contributed by atoms with Crippen molar-refractivity contribution in [3.8, 4) is 0 Å². The van der Waals surface area contributed by atoms with Crippen LogP contribution in [0, 0.1) is 0 Å². The van der Waals surface area contributed by atoms with Gasteiger partial charge in [0.1, 0.15) is 0 Å². The molecule has 0 heterocycles. The minimum Gasteiger partial charge on any atom is -0.469 e. The molecule has 0 spiro atoms. The third-order valence-electron chi connectivity index (χ3n) is 2.43. The van der Waals surface area contributed by atoms with Crippen molar-refractivity contribution in [2.24, 2.45) is 0 Å². The fourth-order valence-electron chi connectivity index (χ4n) is 1.64. The molecule has 0 atom stereocenters. The Bertz CT molecular complexity index is 347. The van der Waals surface area contributed by atoms with E-state index in [0.717, 1.165) is 17.7 Å². The van der Waals surface area contributed by atoms with Crippen molar-refractivity contribution in [2.75, 3.05) is 19.5 Å². The monoisotopic (exact) mass is 207 g/mol. The molecule has 0 saturated heterocycles. The second-order valence-corrected chi connectivity index (χ2v) is 3.31. The molecule has 0 bridgehead atoms. The first kappa shape index (κ1) is 11.6. The standard InChI is InChI=1S/C12H17NO2/c1-4-9-6-5-7-10(12(9)13-2)8-11(14)15-3/h5-7,13H,4,8H2,1-3H3. The third-order valence-corrected chi connectivity index (χ3v) is 2.43. The van der Waals surface area contributed by atoms with Gasteiger partial charge in [-0.3, -0.25) is 4.79 Å². The van der Waals surface area contributed by atoms with E-state index in [1.807, 2.05) is 19.2 Å². The normalized spacial score (nSPS) is 9.80. The first-order valence-corrected chi connectivity index (χ1v) is 5.08. The molecule has 0 amide bonds. The molecule has 0 aliphatic rings. The van der Waals surface area contributed by atoms with Crippen molar-refractivity contribution in [3.05, 3.63) is 29.3 Å². The highest BCUT2D eigenvalue weighted by atomic mass is 16.5. The summed E-state index contributed by atoms with van der Waals surface area (Å²) < 4.78 is 4.66. The number of esters is 1. The van der Waals surface area contributed by atoms with Gasteiger partial charge >= 0.3 is 5.97 Å². The number of para-hydroxylation sites is 1. The van der Waals surface area contributed by atoms with E-state index in [0.29, 0.717) is 6.42 Å². The van der Waals surface area contributed by atoms with E-state index >= 15 is 0 Å². The summed E-state index contributed by atoms with van der Waals surface area (Å²) in [6.07, 6.45) is 1.27. The predicted molar refractivity (Wildman–Crippen MR) is 61.1 cm³/mol. The van der Waals surface area contributed by atoms with Crippen LogP contribution in [0.1, 0.15) is 18.1 Å². The lowest BCUT2D eigenvalue weighted by molar-refractivity contribution is -0.139. The van der Waals surface area contributed by atoms with Crippen molar-refractivity contribution in [3.63, 3.8) is 0 Å². The maximum Gasteiger partial charge on any atom is 0.310 e. The molecule has 0 aliphatic carbocycles. The Balaban J connectivity index is 3.00. The van der Waals surface area contributed by atoms with Crippen LogP contribution < -0.4 is 5.32 Å². The average Bonchev–Trinajstić information content (AvgIpc) is 2.28. The highest BCUT2D eigenvalue weighted by molar-refractivity contribution is 5.76. The van der Waals surface area contributed by atoms with Crippen LogP contribution in [0.2, 0.25) is 0 Å². The van der Waals surface area contributed by atoms with E-state index in [-0.39, 0.29) is 5.97 Å². The Kier molecular flexibility index (Phi) is 4.16. The second-order valence-electron chi connectivity index (χ2n) is 3.31. The van der Waals surface area contributed by atoms with Crippen LogP contribution in [0.4, 0.5) is 5.69 Å². The van der Waals surface area contributed by atoms with E-state index in [2.05, 4.69) is 23.0 Å². The van der Waals surface area contributed by atoms with E-state index in [1.54, 1.807) is 0 Å². The zero-order valence-corrected chi connectivity index (χ0v) is 9.46. The van der Waals surface area contributed by atoms with Gasteiger partial charge < -0.3 is 10.1 Å². The topological polar surface area (TPSA) is 38.3 Å². The maximum atomic E-state index is 11.2. The number of aryl methyl sites for hydroxylation is 1. The molecule has 1 aromatic rings. The molecule has 0 saturated carbocycles. The molecule has 3 heteroatoms. The summed E-state index contributed by atoms with van der Waals surface area (Å²) in [6.45, 7) is 2.10. The highest BCUT2D eigenvalue weighted by Crippen LogP contribution is 2.21. The number of anilines is 1. The molecule has 0 unspecified atom stereocenters. The van der Waals surface area contributed by atoms with E-state index in [9.17, 15) is 4.79 Å². The van der Waals surface area contributed by atoms with Crippen molar-refractivity contribution in [1.29, 1.82) is 0 Å². The number of rotatable bonds is 4. The minimum atomic E-state index is -0.209. The molecule has 82 valence electrons. The zero-order chi connectivity index (χ0) is 11.3. The lowest BCUT2D eigenvalue weighted by atomic mass is 10.0. The number of methoxy groups -OCH3 is 1. The summed E-state index contributed by atoms with van der Waals surface area (Å²) in [4.78, 5) is 11.2. The molecule has 15 heavy (non-hydrogen) atoms. The molecule has 0 aromatic heterocycles. The van der Waals surface area contributed by atoms with Gasteiger partial charge in [-0.1, -0.05) is 25.1 Å². The smallest absolute Gasteiger partial charge is 0.310 e. The van der Waals surface area contributed by atoms with Crippen molar-refractivity contribution in [2.45, 2.75) is 19.8 Å². The lowest BCUT2D eigenvalue weighted by Gasteiger charge is -2.12. The molecule has 1 N–H and O–H groups in total. The second kappa shape index (κ2) is 5.39. The molecule has 3 nitrogen and oxygen atoms in total. The number of hydrogen-bond acceptors (Lipinski definition) is 3. The van der Waals surface area contributed by atoms with Gasteiger partial charge in [0.2, 0.25) is 0 Å². The summed E-state index contributed by atoms with van der Waals surface area (Å²) in [6, 6.07) is 5.98. The van der Waals surface area contributed by atoms with Crippen LogP contribution in [0.3, 0.4) is 0 Å². The SMILES string of the molecule is CCc1cccc(CC(=O)OC)c1NC. The number of ether oxygens (including phenoxy) is 1. The Morgan fingerprint density at radius 1 is 1.40 bits per heavy atom. The number of nitrogens with one attached hydrogen (secondary N) is 1. The fourth-order valence-corrected chi connectivity index (χ4v) is 1.64. The molecule has 0 fully saturated rings. The minimum absolute atomic E-state index is 0.209. The summed E-state index contributed by atoms with van der Waals surface area (Å²) in [5.74, 6) is -0.209. The number of carbonyl (C=O) groups excluding carboxylic acids is 1. The maximum absolute atomic E-state index is 11.2. The van der Waals surface area contributed by atoms with Crippen LogP contribution in [0.25, 0.3) is 0 Å². The first-order valence-electron chi connectivity index (χ1n) is 5.08. The van der Waals surface area contributed by atoms with Gasteiger partial charge in [0.25, 0.3) is 0 Å². The van der Waals surface area contributed by atoms with Crippen LogP contribution in [0.15, 0.2) is 18.2 Å². The van der Waals surface area contributed by atoms with Crippen LogP contribution in [0.5, 0.6) is 0 Å². The Labute approximate surface area is 90.4 Å². The van der Waals surface area contributed by atoms with E-state index in [1.165, 1.54) is 12.7 Å². The quantitative estimate of drug-likeness (QED) is 0.767. The predicted octanol–water partition coefficient (Wildman–Crippen LogP) is 2.01. The van der Waals surface area contributed by atoms with Gasteiger partial charge in [-0.05, 0) is 17.5 Å². The van der Waals surface area contributed by atoms with Crippen molar-refractivity contribution < 1.29 is 9.53 Å². The highest BCUT2D eigenvalue weighted by Gasteiger charge is 2.09. The largest absolute Gasteiger partial charge is 0.469 e. The van der Waals surface area contributed by atoms with E-state index in [4.69, 9.17) is 0 Å². The van der Waals surface area contributed by atoms with Gasteiger partial charge in [-0.15, -0.1) is 0 Å².